The molecular formula is C27H43N3O5. The molecule has 0 radical (unpaired) electrons. The average Bonchev–Trinajstić information content (AvgIpc) is 2.85. The van der Waals surface area contributed by atoms with Crippen LogP contribution >= 0.6 is 0 Å². The van der Waals surface area contributed by atoms with Gasteiger partial charge < -0.3 is 24.4 Å². The highest BCUT2D eigenvalue weighted by molar-refractivity contribution is 5.99. The number of anilines is 1. The van der Waals surface area contributed by atoms with Gasteiger partial charge in [-0.15, -0.1) is 0 Å². The highest BCUT2D eigenvalue weighted by Gasteiger charge is 2.29. The maximum Gasteiger partial charge on any atom is 0.257 e. The van der Waals surface area contributed by atoms with Gasteiger partial charge >= 0.3 is 0 Å². The lowest BCUT2D eigenvalue weighted by atomic mass is 9.88. The summed E-state index contributed by atoms with van der Waals surface area (Å²) in [4.78, 5) is 29.7. The second-order valence-electron chi connectivity index (χ2n) is 10.2. The van der Waals surface area contributed by atoms with E-state index in [1.165, 1.54) is 39.2 Å². The van der Waals surface area contributed by atoms with Gasteiger partial charge in [0.1, 0.15) is 19.0 Å². The van der Waals surface area contributed by atoms with Gasteiger partial charge in [0.2, 0.25) is 5.91 Å². The number of methoxy groups -OCH3 is 2. The lowest BCUT2D eigenvalue weighted by Gasteiger charge is -2.38. The Hall–Kier alpha value is -2.16. The summed E-state index contributed by atoms with van der Waals surface area (Å²) in [6.45, 7) is 7.28. The number of hydrogen-bond donors (Lipinski definition) is 1. The Morgan fingerprint density at radius 1 is 1.14 bits per heavy atom. The smallest absolute Gasteiger partial charge is 0.257 e. The number of ether oxygens (including phenoxy) is 3. The van der Waals surface area contributed by atoms with Crippen molar-refractivity contribution < 1.29 is 23.8 Å². The van der Waals surface area contributed by atoms with Crippen LogP contribution in [0.3, 0.4) is 0 Å². The molecule has 2 amide bonds. The minimum Gasteiger partial charge on any atom is -0.491 e. The Morgan fingerprint density at radius 3 is 2.57 bits per heavy atom. The van der Waals surface area contributed by atoms with Crippen LogP contribution < -0.4 is 10.1 Å². The molecule has 3 rings (SSSR count). The van der Waals surface area contributed by atoms with E-state index < -0.39 is 0 Å². The van der Waals surface area contributed by atoms with E-state index in [2.05, 4.69) is 24.1 Å². The largest absolute Gasteiger partial charge is 0.491 e. The molecule has 8 nitrogen and oxygen atoms in total. The minimum absolute atomic E-state index is 0.0524. The molecule has 0 aromatic heterocycles. The standard InChI is InChI=1S/C27H43N3O5/c1-19-14-30(15-21-9-7-6-8-10-21)20(2)17-35-24-12-11-22(28-26(31)18-33-4)13-23(24)27(32)29(3)16-25(19)34-5/h11-13,19-21,25H,6-10,14-18H2,1-5H3,(H,28,31)/t19-,20+,25+/m0/s1. The highest BCUT2D eigenvalue weighted by atomic mass is 16.5. The van der Waals surface area contributed by atoms with Gasteiger partial charge in [-0.05, 0) is 49.8 Å². The van der Waals surface area contributed by atoms with Gasteiger partial charge in [0.05, 0.1) is 11.7 Å². The molecule has 1 aliphatic heterocycles. The van der Waals surface area contributed by atoms with E-state index in [9.17, 15) is 9.59 Å². The monoisotopic (exact) mass is 489 g/mol. The first kappa shape index (κ1) is 27.4. The van der Waals surface area contributed by atoms with E-state index in [1.807, 2.05) is 0 Å². The molecule has 0 bridgehead atoms. The number of hydrogen-bond acceptors (Lipinski definition) is 6. The van der Waals surface area contributed by atoms with Gasteiger partial charge in [0.15, 0.2) is 0 Å². The first-order chi connectivity index (χ1) is 16.8. The third-order valence-electron chi connectivity index (χ3n) is 7.35. The first-order valence-corrected chi connectivity index (χ1v) is 12.9. The molecule has 3 atom stereocenters. The number of nitrogens with zero attached hydrogens (tertiary/aromatic N) is 2. The van der Waals surface area contributed by atoms with Crippen molar-refractivity contribution in [2.75, 3.05) is 59.4 Å². The van der Waals surface area contributed by atoms with Crippen molar-refractivity contribution >= 4 is 17.5 Å². The molecule has 1 fully saturated rings. The van der Waals surface area contributed by atoms with Crippen LogP contribution in [0.2, 0.25) is 0 Å². The van der Waals surface area contributed by atoms with Crippen LogP contribution in [-0.2, 0) is 14.3 Å². The Balaban J connectivity index is 1.87. The third kappa shape index (κ3) is 7.66. The van der Waals surface area contributed by atoms with Gasteiger partial charge in [-0.25, -0.2) is 0 Å². The highest BCUT2D eigenvalue weighted by Crippen LogP contribution is 2.28. The van der Waals surface area contributed by atoms with Gasteiger partial charge in [0, 0.05) is 52.6 Å². The number of rotatable bonds is 6. The van der Waals surface area contributed by atoms with Crippen molar-refractivity contribution in [2.45, 2.75) is 58.1 Å². The SMILES string of the molecule is COCC(=O)Nc1ccc2c(c1)C(=O)N(C)C[C@@H](OC)[C@@H](C)CN(CC1CCCCC1)[C@H](C)CO2. The quantitative estimate of drug-likeness (QED) is 0.657. The molecular weight excluding hydrogens is 446 g/mol. The van der Waals surface area contributed by atoms with Crippen molar-refractivity contribution in [1.29, 1.82) is 0 Å². The molecule has 196 valence electrons. The maximum absolute atomic E-state index is 13.4. The summed E-state index contributed by atoms with van der Waals surface area (Å²) in [5.41, 5.74) is 0.962. The van der Waals surface area contributed by atoms with Crippen LogP contribution in [0.25, 0.3) is 0 Å². The van der Waals surface area contributed by atoms with E-state index in [1.54, 1.807) is 37.3 Å². The average molecular weight is 490 g/mol. The topological polar surface area (TPSA) is 80.3 Å². The summed E-state index contributed by atoms with van der Waals surface area (Å²) in [6, 6.07) is 5.40. The summed E-state index contributed by atoms with van der Waals surface area (Å²) >= 11 is 0. The van der Waals surface area contributed by atoms with Crippen molar-refractivity contribution in [3.63, 3.8) is 0 Å². The van der Waals surface area contributed by atoms with E-state index in [4.69, 9.17) is 14.2 Å². The molecule has 0 spiro atoms. The van der Waals surface area contributed by atoms with Crippen LogP contribution in [0.4, 0.5) is 5.69 Å². The number of benzene rings is 1. The predicted octanol–water partition coefficient (Wildman–Crippen LogP) is 3.66. The molecule has 1 N–H and O–H groups in total. The van der Waals surface area contributed by atoms with Crippen molar-refractivity contribution in [1.82, 2.24) is 9.80 Å². The van der Waals surface area contributed by atoms with E-state index in [-0.39, 0.29) is 36.5 Å². The fourth-order valence-corrected chi connectivity index (χ4v) is 5.21. The Labute approximate surface area is 210 Å². The fourth-order valence-electron chi connectivity index (χ4n) is 5.21. The minimum atomic E-state index is -0.275. The Bertz CT molecular complexity index is 842. The van der Waals surface area contributed by atoms with Crippen molar-refractivity contribution in [3.8, 4) is 5.75 Å². The molecule has 0 saturated heterocycles. The summed E-state index contributed by atoms with van der Waals surface area (Å²) in [5.74, 6) is 1.06. The van der Waals surface area contributed by atoms with Crippen LogP contribution in [0.5, 0.6) is 5.75 Å². The van der Waals surface area contributed by atoms with Gasteiger partial charge in [0.25, 0.3) is 5.91 Å². The zero-order valence-electron chi connectivity index (χ0n) is 22.0. The number of amides is 2. The van der Waals surface area contributed by atoms with Gasteiger partial charge in [-0.1, -0.05) is 26.2 Å². The van der Waals surface area contributed by atoms with Crippen LogP contribution in [0, 0.1) is 11.8 Å². The predicted molar refractivity (Wildman–Crippen MR) is 137 cm³/mol. The number of fused-ring (bicyclic) bond motifs is 1. The third-order valence-corrected chi connectivity index (χ3v) is 7.35. The normalized spacial score (nSPS) is 25.2. The first-order valence-electron chi connectivity index (χ1n) is 12.9. The summed E-state index contributed by atoms with van der Waals surface area (Å²) < 4.78 is 17.0. The molecule has 8 heteroatoms. The van der Waals surface area contributed by atoms with Gasteiger partial charge in [-0.3, -0.25) is 14.5 Å². The molecule has 2 aliphatic rings. The summed E-state index contributed by atoms with van der Waals surface area (Å²) in [7, 11) is 4.98. The van der Waals surface area contributed by atoms with E-state index in [0.717, 1.165) is 19.0 Å². The van der Waals surface area contributed by atoms with Gasteiger partial charge in [-0.2, -0.15) is 0 Å². The van der Waals surface area contributed by atoms with Crippen LogP contribution in [-0.4, -0.2) is 87.9 Å². The Morgan fingerprint density at radius 2 is 1.89 bits per heavy atom. The van der Waals surface area contributed by atoms with Crippen LogP contribution in [0.1, 0.15) is 56.3 Å². The molecule has 1 aliphatic carbocycles. The number of likely N-dealkylation sites (N-methyl/N-ethyl adjacent to an activating group) is 1. The van der Waals surface area contributed by atoms with E-state index >= 15 is 0 Å². The fraction of sp³-hybridized carbons (Fsp3) is 0.704. The molecule has 1 aromatic carbocycles. The number of carbonyl (C=O) groups is 2. The number of carbonyl (C=O) groups excluding carboxylic acids is 2. The lowest BCUT2D eigenvalue weighted by molar-refractivity contribution is -0.119. The van der Waals surface area contributed by atoms with E-state index in [0.29, 0.717) is 30.2 Å². The molecule has 0 unspecified atom stereocenters. The van der Waals surface area contributed by atoms with Crippen molar-refractivity contribution in [3.05, 3.63) is 23.8 Å². The summed E-state index contributed by atoms with van der Waals surface area (Å²) in [5, 5.41) is 2.78. The number of nitrogens with one attached hydrogen (secondary N) is 1. The molecule has 1 saturated carbocycles. The Kier molecular flexibility index (Phi) is 10.4. The zero-order chi connectivity index (χ0) is 25.4. The molecule has 1 heterocycles. The molecule has 1 aromatic rings. The van der Waals surface area contributed by atoms with Crippen LogP contribution in [0.15, 0.2) is 18.2 Å². The zero-order valence-corrected chi connectivity index (χ0v) is 22.0. The second-order valence-corrected chi connectivity index (χ2v) is 10.2. The summed E-state index contributed by atoms with van der Waals surface area (Å²) in [6.07, 6.45) is 6.50. The lowest BCUT2D eigenvalue weighted by Crippen LogP contribution is -2.48. The molecule has 35 heavy (non-hydrogen) atoms. The second kappa shape index (κ2) is 13.2. The van der Waals surface area contributed by atoms with Crippen molar-refractivity contribution in [2.24, 2.45) is 11.8 Å². The maximum atomic E-state index is 13.4.